The molecule has 0 bridgehead atoms. The molecule has 3 nitrogen and oxygen atoms in total. The van der Waals surface area contributed by atoms with E-state index >= 15 is 0 Å². The van der Waals surface area contributed by atoms with E-state index in [-0.39, 0.29) is 26.2 Å². The van der Waals surface area contributed by atoms with Crippen molar-refractivity contribution in [2.24, 2.45) is 0 Å². The molecule has 0 aliphatic heterocycles. The van der Waals surface area contributed by atoms with E-state index in [9.17, 15) is 7.00 Å². The van der Waals surface area contributed by atoms with Gasteiger partial charge in [-0.3, -0.25) is 6.08 Å². The second kappa shape index (κ2) is 49.8. The third-order valence-electron chi connectivity index (χ3n) is 1.34. The zero-order chi connectivity index (χ0) is 16.5. The van der Waals surface area contributed by atoms with Crippen LogP contribution >= 0.6 is 0 Å². The maximum atomic E-state index is 9.78. The van der Waals surface area contributed by atoms with E-state index in [0.717, 1.165) is 25.7 Å². The van der Waals surface area contributed by atoms with E-state index in [1.807, 2.05) is 32.9 Å². The van der Waals surface area contributed by atoms with Crippen molar-refractivity contribution in [3.8, 4) is 0 Å². The first kappa shape index (κ1) is 33.3. The van der Waals surface area contributed by atoms with Gasteiger partial charge in [0.15, 0.2) is 0 Å². The molecular weight excluding hydrogens is 412 g/mol. The molecule has 0 unspecified atom stereocenters. The summed E-state index contributed by atoms with van der Waals surface area (Å²) in [6, 6.07) is 0. The summed E-state index contributed by atoms with van der Waals surface area (Å²) in [4.78, 5) is 0. The molecule has 0 aromatic heterocycles. The summed E-state index contributed by atoms with van der Waals surface area (Å²) >= 11 is -2.69. The molecule has 1 radical (unpaired) electrons. The molecule has 1 rings (SSSR count). The molecule has 3 N–H and O–H groups in total. The minimum atomic E-state index is -2.69. The third kappa shape index (κ3) is 96.0. The van der Waals surface area contributed by atoms with Crippen LogP contribution in [0, 0.1) is 6.08 Å². The van der Waals surface area contributed by atoms with Gasteiger partial charge in [-0.2, -0.15) is 25.7 Å². The number of hydrogen-bond acceptors (Lipinski definition) is 0. The average Bonchev–Trinajstić information content (AvgIpc) is 3.07. The predicted molar refractivity (Wildman–Crippen MR) is 89.4 cm³/mol. The van der Waals surface area contributed by atoms with E-state index in [0.29, 0.717) is 19.6 Å². The van der Waals surface area contributed by atoms with E-state index in [2.05, 4.69) is 12.2 Å². The van der Waals surface area contributed by atoms with Crippen LogP contribution in [0.4, 0.5) is 7.00 Å². The molecule has 1 aliphatic carbocycles. The molecule has 0 atom stereocenters. The quantitative estimate of drug-likeness (QED) is 0.389. The Morgan fingerprint density at radius 1 is 0.952 bits per heavy atom. The zero-order valence-corrected chi connectivity index (χ0v) is 18.4. The van der Waals surface area contributed by atoms with Gasteiger partial charge in [-0.1, -0.05) is 40.0 Å². The second-order valence-electron chi connectivity index (χ2n) is 3.34. The molecule has 0 aromatic rings. The smallest absolute Gasteiger partial charge is 4.00 e. The minimum Gasteiger partial charge on any atom is 4.00 e. The molecule has 21 heavy (non-hydrogen) atoms. The van der Waals surface area contributed by atoms with Crippen LogP contribution in [0.2, 0.25) is 0 Å². The van der Waals surface area contributed by atoms with E-state index in [1.54, 1.807) is 0 Å². The van der Waals surface area contributed by atoms with Crippen molar-refractivity contribution in [1.82, 2.24) is 0 Å². The number of nitrogens with one attached hydrogen (secondary N) is 3. The van der Waals surface area contributed by atoms with Gasteiger partial charge in [0, 0.05) is 0 Å². The van der Waals surface area contributed by atoms with Crippen molar-refractivity contribution in [3.63, 3.8) is 0 Å². The number of rotatable bonds is 3. The number of hydrogen-bond donors (Lipinski definition) is 0. The van der Waals surface area contributed by atoms with Gasteiger partial charge in [-0.25, -0.2) is 12.2 Å². The zero-order valence-electron chi connectivity index (χ0n) is 13.5. The molecule has 0 saturated heterocycles. The molecule has 1 aliphatic rings. The van der Waals surface area contributed by atoms with Gasteiger partial charge in [-0.05, 0) is 0 Å². The Bertz CT molecular complexity index is 149. The maximum Gasteiger partial charge on any atom is 4.00 e. The normalized spacial score (nSPS) is 9.33. The third-order valence-corrected chi connectivity index (χ3v) is 1.34. The molecule has 0 aromatic carbocycles. The number of halogens is 2. The predicted octanol–water partition coefficient (Wildman–Crippen LogP) is 5.84. The van der Waals surface area contributed by atoms with E-state index in [4.69, 9.17) is 17.2 Å². The van der Waals surface area contributed by atoms with Crippen LogP contribution in [0.1, 0.15) is 46.5 Å². The topological polar surface area (TPSA) is 71.4 Å². The van der Waals surface area contributed by atoms with Crippen molar-refractivity contribution in [2.45, 2.75) is 46.5 Å². The molecule has 0 heterocycles. The van der Waals surface area contributed by atoms with Crippen LogP contribution in [0.5, 0.6) is 0 Å². The number of allylic oxidation sites excluding steroid dienone is 4. The van der Waals surface area contributed by atoms with Crippen molar-refractivity contribution in [3.05, 3.63) is 41.5 Å². The largest absolute Gasteiger partial charge is 4.00 e. The summed E-state index contributed by atoms with van der Waals surface area (Å²) in [5.41, 5.74) is 19.4. The van der Waals surface area contributed by atoms with Crippen LogP contribution in [0.3, 0.4) is 0 Å². The summed E-state index contributed by atoms with van der Waals surface area (Å²) in [5.74, 6) is 0. The minimum absolute atomic E-state index is 0. The molecule has 0 spiro atoms. The van der Waals surface area contributed by atoms with Crippen LogP contribution in [0.25, 0.3) is 17.2 Å². The van der Waals surface area contributed by atoms with Gasteiger partial charge in [0.25, 0.3) is 0 Å². The van der Waals surface area contributed by atoms with Crippen LogP contribution in [-0.4, -0.2) is 36.0 Å². The fourth-order valence-electron chi connectivity index (χ4n) is 0.340. The van der Waals surface area contributed by atoms with Crippen molar-refractivity contribution >= 4 is 16.4 Å². The molecule has 0 saturated carbocycles. The van der Waals surface area contributed by atoms with Gasteiger partial charge in [0.05, 0.1) is 0 Å². The fraction of sp³-hybridized carbons (Fsp3) is 0.714. The first-order valence-corrected chi connectivity index (χ1v) is 8.67. The maximum absolute atomic E-state index is 9.78. The fourth-order valence-corrected chi connectivity index (χ4v) is 0.340. The molecular formula is C14H30F2GeN3Zr. The summed E-state index contributed by atoms with van der Waals surface area (Å²) in [5, 5.41) is 0. The Balaban J connectivity index is -0.0000000508. The first-order chi connectivity index (χ1) is 9.66. The molecule has 7 heteroatoms. The SMILES string of the molecule is CCC[NH-].CCC[NH-].CCC[NH-].[C-]1=CC=CC1.[F][GeH][F].[Zr+4]. The van der Waals surface area contributed by atoms with Crippen molar-refractivity contribution < 1.29 is 33.2 Å². The standard InChI is InChI=1S/C5H5.3C3H8N.F2GeH.Zr/c1-2-4-5-3-1;3*1-2-3-4;1-3-2;/h1-3H,4H2;3*4H,2-3H2,1H3;3H;/q4*-1;;+4. The Morgan fingerprint density at radius 3 is 1.29 bits per heavy atom. The molecule has 0 amide bonds. The van der Waals surface area contributed by atoms with Crippen LogP contribution in [-0.2, 0) is 26.2 Å². The first-order valence-electron chi connectivity index (χ1n) is 6.84. The van der Waals surface area contributed by atoms with Gasteiger partial charge in [0.1, 0.15) is 0 Å². The van der Waals surface area contributed by atoms with Gasteiger partial charge in [-0.15, -0.1) is 6.42 Å². The van der Waals surface area contributed by atoms with Crippen LogP contribution in [0.15, 0.2) is 18.2 Å². The van der Waals surface area contributed by atoms with E-state index in [1.165, 1.54) is 0 Å². The van der Waals surface area contributed by atoms with Gasteiger partial charge in [0.2, 0.25) is 0 Å². The van der Waals surface area contributed by atoms with Gasteiger partial charge < -0.3 is 17.2 Å². The van der Waals surface area contributed by atoms with E-state index < -0.39 is 16.4 Å². The van der Waals surface area contributed by atoms with Crippen molar-refractivity contribution in [2.75, 3.05) is 19.6 Å². The van der Waals surface area contributed by atoms with Crippen LogP contribution < -0.4 is 0 Å². The summed E-state index contributed by atoms with van der Waals surface area (Å²) in [7, 11) is 0. The second-order valence-corrected chi connectivity index (χ2v) is 3.68. The average molecular weight is 442 g/mol. The molecule has 0 fully saturated rings. The Kier molecular flexibility index (Phi) is 79.0. The Labute approximate surface area is 156 Å². The summed E-state index contributed by atoms with van der Waals surface area (Å²) in [6.45, 7) is 7.69. The Hall–Kier alpha value is 0.646. The van der Waals surface area contributed by atoms with Crippen molar-refractivity contribution in [1.29, 1.82) is 0 Å². The van der Waals surface area contributed by atoms with Gasteiger partial charge >= 0.3 is 49.6 Å². The Morgan fingerprint density at radius 2 is 1.24 bits per heavy atom. The monoisotopic (exact) mass is 442 g/mol. The summed E-state index contributed by atoms with van der Waals surface area (Å²) in [6.07, 6.45) is 13.0. The molecule has 123 valence electrons. The summed E-state index contributed by atoms with van der Waals surface area (Å²) < 4.78 is 19.6.